The van der Waals surface area contributed by atoms with Gasteiger partial charge in [-0.05, 0) is 104 Å². The first-order chi connectivity index (χ1) is 33.4. The number of nitrogens with zero attached hydrogens (tertiary/aromatic N) is 7. The SMILES string of the molecule is [C-]#[N+]/C(c1nc2ccccc2s1)=c1\c2c(C(C)C)n(B3Oc4ccccc4O3)/c(=C(/C#N)c3nc4ccccc4s3)c2c(-c2ccc(OCCCN(CC)CC)cc2)n1B1Oc2ccccc2O1. The first kappa shape index (κ1) is 43.1. The van der Waals surface area contributed by atoms with Crippen molar-refractivity contribution in [1.29, 1.82) is 5.26 Å². The molecule has 68 heavy (non-hydrogen) atoms. The molecule has 0 spiro atoms. The van der Waals surface area contributed by atoms with Gasteiger partial charge in [0.15, 0.2) is 0 Å². The van der Waals surface area contributed by atoms with E-state index in [0.29, 0.717) is 78.1 Å². The van der Waals surface area contributed by atoms with Gasteiger partial charge in [0, 0.05) is 23.0 Å². The van der Waals surface area contributed by atoms with E-state index in [0.717, 1.165) is 63.5 Å². The lowest BCUT2D eigenvalue weighted by atomic mass is 10.0. The molecule has 0 bridgehead atoms. The minimum Gasteiger partial charge on any atom is -0.503 e. The Kier molecular flexibility index (Phi) is 11.4. The fraction of sp³-hybridized carbons (Fsp3) is 0.192. The maximum Gasteiger partial charge on any atom is 0.743 e. The average Bonchev–Trinajstić information content (AvgIpc) is 4.23. The number of thiazole rings is 2. The number of nitriles is 1. The largest absolute Gasteiger partial charge is 0.743 e. The van der Waals surface area contributed by atoms with Gasteiger partial charge in [-0.25, -0.2) is 14.8 Å². The number of ether oxygens (including phenoxy) is 1. The molecule has 12 nitrogen and oxygen atoms in total. The molecule has 0 radical (unpaired) electrons. The van der Waals surface area contributed by atoms with Crippen LogP contribution in [0.4, 0.5) is 0 Å². The highest BCUT2D eigenvalue weighted by molar-refractivity contribution is 7.20. The van der Waals surface area contributed by atoms with Crippen LogP contribution in [0.3, 0.4) is 0 Å². The lowest BCUT2D eigenvalue weighted by Gasteiger charge is -2.18. The normalized spacial score (nSPS) is 13.8. The molecule has 4 aromatic heterocycles. The Labute approximate surface area is 401 Å². The van der Waals surface area contributed by atoms with Gasteiger partial charge in [0.2, 0.25) is 5.70 Å². The summed E-state index contributed by atoms with van der Waals surface area (Å²) in [5.41, 5.74) is 4.33. The quantitative estimate of drug-likeness (QED) is 0.0634. The number of rotatable bonds is 13. The van der Waals surface area contributed by atoms with Gasteiger partial charge >= 0.3 is 14.5 Å². The molecule has 0 amide bonds. The van der Waals surface area contributed by atoms with E-state index in [4.69, 9.17) is 39.9 Å². The first-order valence-electron chi connectivity index (χ1n) is 22.7. The molecular weight excluding hydrogens is 888 g/mol. The van der Waals surface area contributed by atoms with Crippen molar-refractivity contribution in [1.82, 2.24) is 23.8 Å². The van der Waals surface area contributed by atoms with E-state index in [2.05, 4.69) is 43.5 Å². The van der Waals surface area contributed by atoms with Crippen molar-refractivity contribution in [2.45, 2.75) is 40.0 Å². The van der Waals surface area contributed by atoms with Crippen molar-refractivity contribution in [2.24, 2.45) is 0 Å². The molecule has 11 rings (SSSR count). The number of aromatic nitrogens is 4. The molecule has 9 aromatic rings. The molecular formula is C52H43B2N7O5S2. The van der Waals surface area contributed by atoms with E-state index in [9.17, 15) is 5.26 Å². The van der Waals surface area contributed by atoms with Crippen LogP contribution < -0.4 is 34.1 Å². The molecule has 2 aliphatic heterocycles. The summed E-state index contributed by atoms with van der Waals surface area (Å²) < 4.78 is 39.2. The second-order valence-corrected chi connectivity index (χ2v) is 18.8. The van der Waals surface area contributed by atoms with Crippen LogP contribution in [0.2, 0.25) is 0 Å². The number of hydrogen-bond donors (Lipinski definition) is 0. The summed E-state index contributed by atoms with van der Waals surface area (Å²) in [7, 11) is -2.11. The fourth-order valence-electron chi connectivity index (χ4n) is 9.26. The van der Waals surface area contributed by atoms with Crippen LogP contribution in [0.1, 0.15) is 55.7 Å². The van der Waals surface area contributed by atoms with Crippen molar-refractivity contribution in [3.63, 3.8) is 0 Å². The Bertz CT molecular complexity index is 3410. The Morgan fingerprint density at radius 3 is 1.78 bits per heavy atom. The molecule has 0 saturated heterocycles. The van der Waals surface area contributed by atoms with Gasteiger partial charge in [-0.1, -0.05) is 76.2 Å². The van der Waals surface area contributed by atoms with Gasteiger partial charge in [-0.2, -0.15) is 5.26 Å². The average molecular weight is 932 g/mol. The van der Waals surface area contributed by atoms with E-state index in [1.165, 1.54) is 22.7 Å². The molecule has 16 heteroatoms. The molecule has 0 aliphatic carbocycles. The highest BCUT2D eigenvalue weighted by Crippen LogP contribution is 2.41. The van der Waals surface area contributed by atoms with E-state index < -0.39 is 14.5 Å². The number of hydrogen-bond acceptors (Lipinski definition) is 11. The lowest BCUT2D eigenvalue weighted by Crippen LogP contribution is -2.45. The van der Waals surface area contributed by atoms with Gasteiger partial charge in [0.25, 0.3) is 0 Å². The first-order valence-corrected chi connectivity index (χ1v) is 24.4. The third kappa shape index (κ3) is 7.42. The number of para-hydroxylation sites is 6. The van der Waals surface area contributed by atoms with Gasteiger partial charge in [-0.3, -0.25) is 0 Å². The minimum absolute atomic E-state index is 0.225. The molecule has 334 valence electrons. The summed E-state index contributed by atoms with van der Waals surface area (Å²) in [4.78, 5) is 16.9. The van der Waals surface area contributed by atoms with Crippen LogP contribution in [0.5, 0.6) is 28.7 Å². The molecule has 2 aliphatic rings. The van der Waals surface area contributed by atoms with Crippen LogP contribution in [0.25, 0.3) is 58.6 Å². The smallest absolute Gasteiger partial charge is 0.503 e. The van der Waals surface area contributed by atoms with Crippen LogP contribution in [-0.4, -0.2) is 64.6 Å². The standard InChI is InChI=1S/C52H43B2N7O5S2/c1-6-59(7-2)29-16-30-62-34-27-25-33(26-28-34)48-45-44(50(61(48)54-65-40-21-12-13-22-41(40)66-54)46(56-5)52-58-37-18-9-15-24-43(37)68-52)47(32(3)4)60(53-63-38-19-10-11-20-39(38)64-53)49(45)35(31-55)51-57-36-17-8-14-23-42(36)67-51/h8-15,17-28,32H,6-7,16,29-30H2,1-4H3/b49-35-,50-46+. The van der Waals surface area contributed by atoms with Gasteiger partial charge in [0.1, 0.15) is 50.4 Å². The highest BCUT2D eigenvalue weighted by Gasteiger charge is 2.45. The van der Waals surface area contributed by atoms with Crippen molar-refractivity contribution in [3.8, 4) is 46.1 Å². The monoisotopic (exact) mass is 931 g/mol. The summed E-state index contributed by atoms with van der Waals surface area (Å²) in [6.45, 7) is 21.1. The second kappa shape index (κ2) is 18.0. The zero-order valence-corrected chi connectivity index (χ0v) is 39.4. The van der Waals surface area contributed by atoms with Gasteiger partial charge < -0.3 is 37.2 Å². The molecule has 0 N–H and O–H groups in total. The summed E-state index contributed by atoms with van der Waals surface area (Å²) in [6, 6.07) is 41.5. The number of fused-ring (bicyclic) bond motifs is 5. The summed E-state index contributed by atoms with van der Waals surface area (Å²) >= 11 is 2.89. The second-order valence-electron chi connectivity index (χ2n) is 16.7. The Balaban J connectivity index is 1.28. The molecule has 6 heterocycles. The molecule has 0 saturated carbocycles. The van der Waals surface area contributed by atoms with E-state index in [-0.39, 0.29) is 5.92 Å². The zero-order chi connectivity index (χ0) is 46.5. The zero-order valence-electron chi connectivity index (χ0n) is 37.8. The van der Waals surface area contributed by atoms with Crippen LogP contribution in [-0.2, 0) is 0 Å². The van der Waals surface area contributed by atoms with Gasteiger partial charge in [-0.15, -0.1) is 22.7 Å². The maximum absolute atomic E-state index is 11.6. The topological polar surface area (TPSA) is 113 Å². The fourth-order valence-corrected chi connectivity index (χ4v) is 11.2. The van der Waals surface area contributed by atoms with Crippen LogP contribution >= 0.6 is 22.7 Å². The van der Waals surface area contributed by atoms with Crippen molar-refractivity contribution >= 4 is 79.7 Å². The van der Waals surface area contributed by atoms with Crippen molar-refractivity contribution < 1.29 is 23.4 Å². The summed E-state index contributed by atoms with van der Waals surface area (Å²) in [5, 5.41) is 15.1. The Morgan fingerprint density at radius 1 is 0.721 bits per heavy atom. The third-order valence-corrected chi connectivity index (χ3v) is 14.5. The molecule has 0 atom stereocenters. The Hall–Kier alpha value is -7.49. The van der Waals surface area contributed by atoms with E-state index in [1.807, 2.05) is 130 Å². The number of benzene rings is 5. The summed E-state index contributed by atoms with van der Waals surface area (Å²) in [6.07, 6.45) is 0.886. The van der Waals surface area contributed by atoms with Gasteiger partial charge in [0.05, 0.1) is 50.0 Å². The van der Waals surface area contributed by atoms with Crippen LogP contribution in [0, 0.1) is 17.9 Å². The van der Waals surface area contributed by atoms with Crippen molar-refractivity contribution in [3.05, 3.63) is 159 Å². The predicted molar refractivity (Wildman–Crippen MR) is 271 cm³/mol. The summed E-state index contributed by atoms with van der Waals surface area (Å²) in [5.74, 6) is 2.75. The third-order valence-electron chi connectivity index (χ3n) is 12.4. The molecule has 5 aromatic carbocycles. The van der Waals surface area contributed by atoms with Crippen molar-refractivity contribution in [2.75, 3.05) is 26.2 Å². The van der Waals surface area contributed by atoms with E-state index >= 15 is 0 Å². The lowest BCUT2D eigenvalue weighted by molar-refractivity contribution is 0.249. The van der Waals surface area contributed by atoms with Crippen LogP contribution in [0.15, 0.2) is 121 Å². The maximum atomic E-state index is 11.6. The molecule has 0 fully saturated rings. The minimum atomic E-state index is -1.08. The highest BCUT2D eigenvalue weighted by atomic mass is 32.1. The predicted octanol–water partition coefficient (Wildman–Crippen LogP) is 9.97. The van der Waals surface area contributed by atoms with E-state index in [1.54, 1.807) is 0 Å². The molecule has 0 unspecified atom stereocenters. The Morgan fingerprint density at radius 2 is 1.25 bits per heavy atom.